The highest BCUT2D eigenvalue weighted by Gasteiger charge is 2.17. The van der Waals surface area contributed by atoms with E-state index in [1.54, 1.807) is 12.1 Å². The van der Waals surface area contributed by atoms with E-state index in [0.717, 1.165) is 34.7 Å². The molecule has 0 spiro atoms. The molecule has 2 rings (SSSR count). The molecule has 1 atom stereocenters. The summed E-state index contributed by atoms with van der Waals surface area (Å²) in [7, 11) is 0. The van der Waals surface area contributed by atoms with E-state index < -0.39 is 0 Å². The van der Waals surface area contributed by atoms with Crippen molar-refractivity contribution in [2.24, 2.45) is 0 Å². The lowest BCUT2D eigenvalue weighted by molar-refractivity contribution is 0.584. The number of hydrogen-bond acceptors (Lipinski definition) is 1. The van der Waals surface area contributed by atoms with E-state index >= 15 is 0 Å². The first kappa shape index (κ1) is 15.0. The van der Waals surface area contributed by atoms with Gasteiger partial charge in [0.1, 0.15) is 5.82 Å². The van der Waals surface area contributed by atoms with Gasteiger partial charge in [0, 0.05) is 5.02 Å². The van der Waals surface area contributed by atoms with Crippen LogP contribution in [0.2, 0.25) is 5.02 Å². The summed E-state index contributed by atoms with van der Waals surface area (Å²) in [6, 6.07) is 12.5. The first-order valence-electron chi connectivity index (χ1n) is 6.87. The van der Waals surface area contributed by atoms with Gasteiger partial charge in [-0.15, -0.1) is 0 Å². The van der Waals surface area contributed by atoms with Crippen molar-refractivity contribution in [3.63, 3.8) is 0 Å². The standard InChI is InChI=1S/C17H19ClFN/c1-3-10-20-17(13-6-4-7-14(19)11-13)15-8-5-9-16(18)12(15)2/h4-9,11,17,20H,3,10H2,1-2H3. The average Bonchev–Trinajstić information content (AvgIpc) is 2.44. The Morgan fingerprint density at radius 3 is 2.65 bits per heavy atom. The van der Waals surface area contributed by atoms with Crippen molar-refractivity contribution < 1.29 is 4.39 Å². The monoisotopic (exact) mass is 291 g/mol. The number of hydrogen-bond donors (Lipinski definition) is 1. The molecular formula is C17H19ClFN. The van der Waals surface area contributed by atoms with Crippen molar-refractivity contribution >= 4 is 11.6 Å². The number of benzene rings is 2. The molecule has 2 aromatic rings. The second kappa shape index (κ2) is 6.87. The minimum Gasteiger partial charge on any atom is -0.306 e. The van der Waals surface area contributed by atoms with Crippen LogP contribution in [0.4, 0.5) is 4.39 Å². The summed E-state index contributed by atoms with van der Waals surface area (Å²) in [6.07, 6.45) is 1.02. The second-order valence-corrected chi connectivity index (χ2v) is 5.30. The lowest BCUT2D eigenvalue weighted by atomic mass is 9.94. The normalized spacial score (nSPS) is 12.4. The van der Waals surface area contributed by atoms with Crippen LogP contribution < -0.4 is 5.32 Å². The minimum absolute atomic E-state index is 0.0376. The van der Waals surface area contributed by atoms with E-state index in [-0.39, 0.29) is 11.9 Å². The molecule has 0 aliphatic carbocycles. The molecule has 1 nitrogen and oxygen atoms in total. The molecule has 2 aromatic carbocycles. The third-order valence-electron chi connectivity index (χ3n) is 3.40. The maximum absolute atomic E-state index is 13.5. The van der Waals surface area contributed by atoms with E-state index in [1.165, 1.54) is 6.07 Å². The molecule has 0 fully saturated rings. The molecule has 3 heteroatoms. The fraction of sp³-hybridized carbons (Fsp3) is 0.294. The van der Waals surface area contributed by atoms with Crippen molar-refractivity contribution in [2.45, 2.75) is 26.3 Å². The molecule has 0 heterocycles. The molecule has 0 aliphatic rings. The Balaban J connectivity index is 2.44. The summed E-state index contributed by atoms with van der Waals surface area (Å²) in [6.45, 7) is 4.98. The fourth-order valence-corrected chi connectivity index (χ4v) is 2.50. The first-order valence-corrected chi connectivity index (χ1v) is 7.25. The van der Waals surface area contributed by atoms with Gasteiger partial charge in [0.05, 0.1) is 6.04 Å². The molecule has 0 saturated carbocycles. The zero-order chi connectivity index (χ0) is 14.5. The summed E-state index contributed by atoms with van der Waals surface area (Å²) in [5, 5.41) is 4.21. The van der Waals surface area contributed by atoms with Gasteiger partial charge in [-0.1, -0.05) is 42.8 Å². The number of halogens is 2. The third-order valence-corrected chi connectivity index (χ3v) is 3.81. The molecule has 0 radical (unpaired) electrons. The van der Waals surface area contributed by atoms with Gasteiger partial charge in [0.15, 0.2) is 0 Å². The van der Waals surface area contributed by atoms with Crippen LogP contribution in [-0.4, -0.2) is 6.54 Å². The molecule has 0 bridgehead atoms. The molecule has 1 N–H and O–H groups in total. The Morgan fingerprint density at radius 2 is 1.95 bits per heavy atom. The Hall–Kier alpha value is -1.38. The van der Waals surface area contributed by atoms with Crippen LogP contribution in [0.15, 0.2) is 42.5 Å². The van der Waals surface area contributed by atoms with E-state index in [0.29, 0.717) is 0 Å². The van der Waals surface area contributed by atoms with Crippen molar-refractivity contribution in [3.8, 4) is 0 Å². The van der Waals surface area contributed by atoms with Crippen molar-refractivity contribution in [3.05, 3.63) is 70.0 Å². The van der Waals surface area contributed by atoms with Crippen LogP contribution in [-0.2, 0) is 0 Å². The SMILES string of the molecule is CCCNC(c1cccc(F)c1)c1cccc(Cl)c1C. The van der Waals surface area contributed by atoms with Crippen molar-refractivity contribution in [2.75, 3.05) is 6.54 Å². The summed E-state index contributed by atoms with van der Waals surface area (Å²) in [5.41, 5.74) is 3.05. The molecule has 1 unspecified atom stereocenters. The summed E-state index contributed by atoms with van der Waals surface area (Å²) in [5.74, 6) is -0.217. The lowest BCUT2D eigenvalue weighted by Gasteiger charge is -2.22. The second-order valence-electron chi connectivity index (χ2n) is 4.90. The Morgan fingerprint density at radius 1 is 1.20 bits per heavy atom. The van der Waals surface area contributed by atoms with Crippen LogP contribution in [0, 0.1) is 12.7 Å². The molecule has 20 heavy (non-hydrogen) atoms. The first-order chi connectivity index (χ1) is 9.63. The smallest absolute Gasteiger partial charge is 0.123 e. The fourth-order valence-electron chi connectivity index (χ4n) is 2.32. The largest absolute Gasteiger partial charge is 0.306 e. The molecule has 0 amide bonds. The third kappa shape index (κ3) is 3.38. The molecule has 0 aromatic heterocycles. The van der Waals surface area contributed by atoms with Gasteiger partial charge in [-0.2, -0.15) is 0 Å². The zero-order valence-corrected chi connectivity index (χ0v) is 12.5. The van der Waals surface area contributed by atoms with Gasteiger partial charge < -0.3 is 5.32 Å². The van der Waals surface area contributed by atoms with Crippen LogP contribution in [0.1, 0.15) is 36.1 Å². The van der Waals surface area contributed by atoms with Gasteiger partial charge in [-0.05, 0) is 54.8 Å². The summed E-state index contributed by atoms with van der Waals surface area (Å²) < 4.78 is 13.5. The van der Waals surface area contributed by atoms with Crippen LogP contribution in [0.3, 0.4) is 0 Å². The summed E-state index contributed by atoms with van der Waals surface area (Å²) in [4.78, 5) is 0. The lowest BCUT2D eigenvalue weighted by Crippen LogP contribution is -2.24. The molecule has 0 aliphatic heterocycles. The maximum Gasteiger partial charge on any atom is 0.123 e. The number of nitrogens with one attached hydrogen (secondary N) is 1. The van der Waals surface area contributed by atoms with E-state index in [9.17, 15) is 4.39 Å². The van der Waals surface area contributed by atoms with E-state index in [2.05, 4.69) is 12.2 Å². The predicted octanol–water partition coefficient (Wildman–Crippen LogP) is 4.88. The average molecular weight is 292 g/mol. The topological polar surface area (TPSA) is 12.0 Å². The Kier molecular flexibility index (Phi) is 5.16. The van der Waals surface area contributed by atoms with Crippen LogP contribution in [0.25, 0.3) is 0 Å². The zero-order valence-electron chi connectivity index (χ0n) is 11.8. The highest BCUT2D eigenvalue weighted by molar-refractivity contribution is 6.31. The van der Waals surface area contributed by atoms with Gasteiger partial charge in [-0.3, -0.25) is 0 Å². The quantitative estimate of drug-likeness (QED) is 0.828. The van der Waals surface area contributed by atoms with Gasteiger partial charge >= 0.3 is 0 Å². The van der Waals surface area contributed by atoms with Gasteiger partial charge in [0.25, 0.3) is 0 Å². The van der Waals surface area contributed by atoms with Crippen LogP contribution in [0.5, 0.6) is 0 Å². The Labute approximate surface area is 124 Å². The van der Waals surface area contributed by atoms with E-state index in [4.69, 9.17) is 11.6 Å². The summed E-state index contributed by atoms with van der Waals surface area (Å²) >= 11 is 6.21. The highest BCUT2D eigenvalue weighted by atomic mass is 35.5. The van der Waals surface area contributed by atoms with Gasteiger partial charge in [-0.25, -0.2) is 4.39 Å². The molecule has 0 saturated heterocycles. The predicted molar refractivity (Wildman–Crippen MR) is 82.7 cm³/mol. The van der Waals surface area contributed by atoms with Crippen molar-refractivity contribution in [1.29, 1.82) is 0 Å². The maximum atomic E-state index is 13.5. The number of rotatable bonds is 5. The highest BCUT2D eigenvalue weighted by Crippen LogP contribution is 2.29. The van der Waals surface area contributed by atoms with Crippen molar-refractivity contribution in [1.82, 2.24) is 5.32 Å². The van der Waals surface area contributed by atoms with Crippen LogP contribution >= 0.6 is 11.6 Å². The van der Waals surface area contributed by atoms with E-state index in [1.807, 2.05) is 31.2 Å². The molecule has 106 valence electrons. The van der Waals surface area contributed by atoms with Gasteiger partial charge in [0.2, 0.25) is 0 Å². The Bertz CT molecular complexity index is 583. The molecular weight excluding hydrogens is 273 g/mol. The minimum atomic E-state index is -0.217.